The van der Waals surface area contributed by atoms with E-state index in [1.54, 1.807) is 0 Å². The minimum Gasteiger partial charge on any atom is -0.481 e. The standard InChI is InChI=1S/C23H21NO4/c25-21-20-19(22(26)27)17-11-12-23(20,28-17)18(13-15-7-3-1-4-8-15)24(21)14-16-9-5-2-6-10-16/h1-12,17-20H,13-14H2,(H,26,27)/t17-,18-,19-,20-,23+/m0/s1. The predicted octanol–water partition coefficient (Wildman–Crippen LogP) is 2.66. The third-order valence-electron chi connectivity index (χ3n) is 6.28. The van der Waals surface area contributed by atoms with E-state index in [-0.39, 0.29) is 11.9 Å². The number of carboxylic acids is 1. The fraction of sp³-hybridized carbons (Fsp3) is 0.304. The second kappa shape index (κ2) is 6.31. The lowest BCUT2D eigenvalue weighted by Gasteiger charge is -2.33. The normalized spacial score (nSPS) is 32.7. The van der Waals surface area contributed by atoms with Crippen LogP contribution >= 0.6 is 0 Å². The van der Waals surface area contributed by atoms with Gasteiger partial charge in [-0.1, -0.05) is 72.8 Å². The van der Waals surface area contributed by atoms with Crippen molar-refractivity contribution in [3.05, 3.63) is 83.9 Å². The number of rotatable bonds is 5. The number of nitrogens with zero attached hydrogens (tertiary/aromatic N) is 1. The van der Waals surface area contributed by atoms with E-state index in [4.69, 9.17) is 4.74 Å². The summed E-state index contributed by atoms with van der Waals surface area (Å²) < 4.78 is 6.23. The van der Waals surface area contributed by atoms with Crippen molar-refractivity contribution in [1.29, 1.82) is 0 Å². The number of benzene rings is 2. The van der Waals surface area contributed by atoms with Crippen LogP contribution in [0.2, 0.25) is 0 Å². The van der Waals surface area contributed by atoms with Gasteiger partial charge in [0.2, 0.25) is 5.91 Å². The Bertz CT molecular complexity index is 942. The summed E-state index contributed by atoms with van der Waals surface area (Å²) in [6.07, 6.45) is 3.87. The van der Waals surface area contributed by atoms with E-state index in [2.05, 4.69) is 0 Å². The van der Waals surface area contributed by atoms with Gasteiger partial charge in [-0.2, -0.15) is 0 Å². The topological polar surface area (TPSA) is 66.8 Å². The predicted molar refractivity (Wildman–Crippen MR) is 102 cm³/mol. The minimum atomic E-state index is -0.963. The number of hydrogen-bond acceptors (Lipinski definition) is 3. The molecule has 0 unspecified atom stereocenters. The van der Waals surface area contributed by atoms with E-state index in [0.717, 1.165) is 11.1 Å². The van der Waals surface area contributed by atoms with Crippen LogP contribution in [0.15, 0.2) is 72.8 Å². The number of ether oxygens (including phenoxy) is 1. The number of aliphatic carboxylic acids is 1. The molecule has 5 rings (SSSR count). The maximum Gasteiger partial charge on any atom is 0.310 e. The molecule has 2 fully saturated rings. The lowest BCUT2D eigenvalue weighted by Crippen LogP contribution is -2.46. The van der Waals surface area contributed by atoms with Crippen LogP contribution in [0, 0.1) is 11.8 Å². The Morgan fingerprint density at radius 2 is 1.68 bits per heavy atom. The van der Waals surface area contributed by atoms with Crippen LogP contribution in [0.3, 0.4) is 0 Å². The molecule has 5 atom stereocenters. The first-order chi connectivity index (χ1) is 13.6. The average Bonchev–Trinajstić information content (AvgIpc) is 3.34. The van der Waals surface area contributed by atoms with E-state index >= 15 is 0 Å². The van der Waals surface area contributed by atoms with Crippen molar-refractivity contribution in [2.45, 2.75) is 30.7 Å². The molecule has 3 aliphatic rings. The summed E-state index contributed by atoms with van der Waals surface area (Å²) in [5, 5.41) is 9.76. The molecule has 0 saturated carbocycles. The first-order valence-electron chi connectivity index (χ1n) is 9.58. The van der Waals surface area contributed by atoms with Gasteiger partial charge >= 0.3 is 5.97 Å². The molecule has 2 bridgehead atoms. The van der Waals surface area contributed by atoms with E-state index in [0.29, 0.717) is 13.0 Å². The van der Waals surface area contributed by atoms with Crippen molar-refractivity contribution in [2.75, 3.05) is 0 Å². The Hall–Kier alpha value is -2.92. The minimum absolute atomic E-state index is 0.121. The van der Waals surface area contributed by atoms with Crippen molar-refractivity contribution in [3.63, 3.8) is 0 Å². The summed E-state index contributed by atoms with van der Waals surface area (Å²) in [5.74, 6) is -2.58. The zero-order valence-corrected chi connectivity index (χ0v) is 15.3. The molecule has 28 heavy (non-hydrogen) atoms. The monoisotopic (exact) mass is 375 g/mol. The molecule has 1 amide bonds. The van der Waals surface area contributed by atoms with E-state index in [1.807, 2.05) is 77.7 Å². The molecule has 0 radical (unpaired) electrons. The Balaban J connectivity index is 1.56. The summed E-state index contributed by atoms with van der Waals surface area (Å²) in [7, 11) is 0. The molecule has 1 N–H and O–H groups in total. The van der Waals surface area contributed by atoms with Gasteiger partial charge in [0.25, 0.3) is 0 Å². The number of carbonyl (C=O) groups is 2. The molecule has 3 aliphatic heterocycles. The van der Waals surface area contributed by atoms with Crippen LogP contribution in [-0.2, 0) is 27.3 Å². The van der Waals surface area contributed by atoms with Gasteiger partial charge in [0.1, 0.15) is 11.5 Å². The van der Waals surface area contributed by atoms with Gasteiger partial charge < -0.3 is 14.7 Å². The maximum absolute atomic E-state index is 13.4. The van der Waals surface area contributed by atoms with Crippen molar-refractivity contribution in [3.8, 4) is 0 Å². The van der Waals surface area contributed by atoms with E-state index < -0.39 is 29.5 Å². The molecule has 3 heterocycles. The first-order valence-corrected chi connectivity index (χ1v) is 9.58. The van der Waals surface area contributed by atoms with Gasteiger partial charge in [-0.25, -0.2) is 0 Å². The number of likely N-dealkylation sites (tertiary alicyclic amines) is 1. The number of hydrogen-bond donors (Lipinski definition) is 1. The van der Waals surface area contributed by atoms with Gasteiger partial charge in [0.15, 0.2) is 0 Å². The summed E-state index contributed by atoms with van der Waals surface area (Å²) in [5.41, 5.74) is 1.26. The number of fused-ring (bicyclic) bond motifs is 1. The number of amides is 1. The molecule has 0 aliphatic carbocycles. The number of carbonyl (C=O) groups excluding carboxylic acids is 1. The summed E-state index contributed by atoms with van der Waals surface area (Å²) in [6.45, 7) is 0.448. The Morgan fingerprint density at radius 3 is 2.32 bits per heavy atom. The molecule has 5 nitrogen and oxygen atoms in total. The summed E-state index contributed by atoms with van der Waals surface area (Å²) in [6, 6.07) is 19.6. The lowest BCUT2D eigenvalue weighted by atomic mass is 9.74. The van der Waals surface area contributed by atoms with Crippen molar-refractivity contribution < 1.29 is 19.4 Å². The van der Waals surface area contributed by atoms with Gasteiger partial charge in [-0.3, -0.25) is 9.59 Å². The zero-order chi connectivity index (χ0) is 19.3. The van der Waals surface area contributed by atoms with Gasteiger partial charge in [-0.15, -0.1) is 0 Å². The molecule has 5 heteroatoms. The second-order valence-electron chi connectivity index (χ2n) is 7.79. The van der Waals surface area contributed by atoms with Crippen LogP contribution in [-0.4, -0.2) is 39.6 Å². The smallest absolute Gasteiger partial charge is 0.310 e. The van der Waals surface area contributed by atoms with Gasteiger partial charge in [0.05, 0.1) is 18.1 Å². The summed E-state index contributed by atoms with van der Waals surface area (Å²) >= 11 is 0. The lowest BCUT2D eigenvalue weighted by molar-refractivity contribution is -0.148. The van der Waals surface area contributed by atoms with Crippen LogP contribution in [0.4, 0.5) is 0 Å². The summed E-state index contributed by atoms with van der Waals surface area (Å²) in [4.78, 5) is 27.2. The largest absolute Gasteiger partial charge is 0.481 e. The molecule has 1 spiro atoms. The molecule has 2 aromatic rings. The second-order valence-corrected chi connectivity index (χ2v) is 7.79. The fourth-order valence-corrected chi connectivity index (χ4v) is 5.08. The highest BCUT2D eigenvalue weighted by Gasteiger charge is 2.70. The van der Waals surface area contributed by atoms with Crippen LogP contribution in [0.25, 0.3) is 0 Å². The highest BCUT2D eigenvalue weighted by Crippen LogP contribution is 2.55. The maximum atomic E-state index is 13.4. The highest BCUT2D eigenvalue weighted by molar-refractivity contribution is 5.91. The molecule has 2 aromatic carbocycles. The van der Waals surface area contributed by atoms with Crippen LogP contribution in [0.5, 0.6) is 0 Å². The van der Waals surface area contributed by atoms with Crippen molar-refractivity contribution in [2.24, 2.45) is 11.8 Å². The molecular formula is C23H21NO4. The number of carboxylic acid groups (broad SMARTS) is 1. The fourth-order valence-electron chi connectivity index (χ4n) is 5.08. The third-order valence-corrected chi connectivity index (χ3v) is 6.28. The van der Waals surface area contributed by atoms with Gasteiger partial charge in [0, 0.05) is 6.54 Å². The van der Waals surface area contributed by atoms with Crippen molar-refractivity contribution >= 4 is 11.9 Å². The highest BCUT2D eigenvalue weighted by atomic mass is 16.5. The van der Waals surface area contributed by atoms with E-state index in [9.17, 15) is 14.7 Å². The van der Waals surface area contributed by atoms with Gasteiger partial charge in [-0.05, 0) is 17.5 Å². The molecule has 142 valence electrons. The Labute approximate surface area is 163 Å². The Kier molecular flexibility index (Phi) is 3.88. The first kappa shape index (κ1) is 17.2. The molecule has 2 saturated heterocycles. The third kappa shape index (κ3) is 2.43. The van der Waals surface area contributed by atoms with Crippen molar-refractivity contribution in [1.82, 2.24) is 4.90 Å². The molecule has 0 aromatic heterocycles. The van der Waals surface area contributed by atoms with Crippen LogP contribution < -0.4 is 0 Å². The average molecular weight is 375 g/mol. The van der Waals surface area contributed by atoms with E-state index in [1.165, 1.54) is 0 Å². The quantitative estimate of drug-likeness (QED) is 0.816. The zero-order valence-electron chi connectivity index (χ0n) is 15.3. The molecular weight excluding hydrogens is 354 g/mol. The SMILES string of the molecule is O=C(O)[C@H]1[C@@H]2C=C[C@]3(O2)[C@@H]1C(=O)N(Cc1ccccc1)[C@H]3Cc1ccccc1. The Morgan fingerprint density at radius 1 is 1.04 bits per heavy atom. The van der Waals surface area contributed by atoms with Crippen LogP contribution in [0.1, 0.15) is 11.1 Å².